The maximum atomic E-state index is 13.9. The van der Waals surface area contributed by atoms with E-state index in [-0.39, 0.29) is 30.4 Å². The van der Waals surface area contributed by atoms with Gasteiger partial charge in [0.1, 0.15) is 0 Å². The summed E-state index contributed by atoms with van der Waals surface area (Å²) in [6.45, 7) is 6.11. The van der Waals surface area contributed by atoms with Gasteiger partial charge in [0, 0.05) is 13.1 Å². The molecular weight excluding hydrogens is 301 g/mol. The molecule has 1 aliphatic heterocycles. The van der Waals surface area contributed by atoms with E-state index in [1.165, 1.54) is 23.1 Å². The Morgan fingerprint density at radius 3 is 2.65 bits per heavy atom. The molecule has 0 radical (unpaired) electrons. The number of hydrogen-bond acceptors (Lipinski definition) is 3. The molecule has 1 amide bonds. The lowest BCUT2D eigenvalue weighted by atomic mass is 9.76. The molecule has 0 bridgehead atoms. The number of carboxylic acid groups (broad SMARTS) is 1. The van der Waals surface area contributed by atoms with Crippen molar-refractivity contribution in [2.24, 2.45) is 11.3 Å². The molecule has 6 heteroatoms. The van der Waals surface area contributed by atoms with Crippen LogP contribution in [0, 0.1) is 17.2 Å². The number of halogens is 1. The fourth-order valence-electron chi connectivity index (χ4n) is 3.04. The topological polar surface area (TPSA) is 66.8 Å². The van der Waals surface area contributed by atoms with Gasteiger partial charge in [0.25, 0.3) is 5.91 Å². The zero-order chi connectivity index (χ0) is 17.2. The van der Waals surface area contributed by atoms with Gasteiger partial charge >= 0.3 is 5.97 Å². The van der Waals surface area contributed by atoms with Crippen LogP contribution in [0.3, 0.4) is 0 Å². The molecule has 2 rings (SSSR count). The van der Waals surface area contributed by atoms with Gasteiger partial charge in [-0.05, 0) is 31.4 Å². The number of hydrogen-bond donors (Lipinski definition) is 1. The van der Waals surface area contributed by atoms with Crippen LogP contribution >= 0.6 is 0 Å². The first kappa shape index (κ1) is 17.2. The number of ether oxygens (including phenoxy) is 1. The molecule has 1 heterocycles. The van der Waals surface area contributed by atoms with Crippen molar-refractivity contribution >= 4 is 11.9 Å². The quantitative estimate of drug-likeness (QED) is 0.905. The molecule has 0 saturated carbocycles. The molecule has 1 saturated heterocycles. The summed E-state index contributed by atoms with van der Waals surface area (Å²) in [5.74, 6) is -2.05. The Bertz CT molecular complexity index is 617. The van der Waals surface area contributed by atoms with Crippen molar-refractivity contribution in [2.75, 3.05) is 19.7 Å². The fraction of sp³-hybridized carbons (Fsp3) is 0.529. The maximum absolute atomic E-state index is 13.9. The van der Waals surface area contributed by atoms with Crippen molar-refractivity contribution in [2.45, 2.75) is 27.2 Å². The Morgan fingerprint density at radius 2 is 2.13 bits per heavy atom. The average molecular weight is 323 g/mol. The zero-order valence-corrected chi connectivity index (χ0v) is 13.6. The van der Waals surface area contributed by atoms with Gasteiger partial charge in [-0.2, -0.15) is 0 Å². The fourth-order valence-corrected chi connectivity index (χ4v) is 3.04. The lowest BCUT2D eigenvalue weighted by Crippen LogP contribution is -2.40. The molecule has 126 valence electrons. The third-order valence-electron chi connectivity index (χ3n) is 4.61. The second kappa shape index (κ2) is 6.56. The minimum absolute atomic E-state index is 0.0719. The Morgan fingerprint density at radius 1 is 1.43 bits per heavy atom. The summed E-state index contributed by atoms with van der Waals surface area (Å²) in [5.41, 5.74) is -0.814. The van der Waals surface area contributed by atoms with Crippen LogP contribution in [0.1, 0.15) is 37.6 Å². The second-order valence-corrected chi connectivity index (χ2v) is 6.14. The number of aliphatic carboxylic acids is 1. The number of amides is 1. The zero-order valence-electron chi connectivity index (χ0n) is 13.6. The summed E-state index contributed by atoms with van der Waals surface area (Å²) in [7, 11) is 0. The van der Waals surface area contributed by atoms with Gasteiger partial charge in [0.2, 0.25) is 0 Å². The van der Waals surface area contributed by atoms with Crippen LogP contribution < -0.4 is 4.74 Å². The summed E-state index contributed by atoms with van der Waals surface area (Å²) in [6, 6.07) is 4.20. The number of para-hydroxylation sites is 1. The Labute approximate surface area is 135 Å². The molecular formula is C17H22FNO4. The molecule has 1 unspecified atom stereocenters. The molecule has 1 aliphatic rings. The third-order valence-corrected chi connectivity index (χ3v) is 4.61. The second-order valence-electron chi connectivity index (χ2n) is 6.14. The van der Waals surface area contributed by atoms with E-state index < -0.39 is 23.1 Å². The smallest absolute Gasteiger partial charge is 0.311 e. The molecule has 1 fully saturated rings. The van der Waals surface area contributed by atoms with Crippen molar-refractivity contribution in [3.63, 3.8) is 0 Å². The minimum Gasteiger partial charge on any atom is -0.490 e. The normalized spacial score (nSPS) is 20.8. The predicted molar refractivity (Wildman–Crippen MR) is 83.0 cm³/mol. The van der Waals surface area contributed by atoms with Crippen molar-refractivity contribution in [1.29, 1.82) is 0 Å². The molecule has 0 aromatic heterocycles. The number of likely N-dealkylation sites (tertiary alicyclic amines) is 1. The van der Waals surface area contributed by atoms with Gasteiger partial charge in [0.15, 0.2) is 11.6 Å². The molecule has 1 atom stereocenters. The predicted octanol–water partition coefficient (Wildman–Crippen LogP) is 2.80. The number of carbonyl (C=O) groups is 2. The SMILES string of the molecule is CCOc1c(F)cccc1C(=O)N1CCC(C(=O)O)(C(C)C)C1. The first-order valence-corrected chi connectivity index (χ1v) is 7.77. The van der Waals surface area contributed by atoms with Crippen molar-refractivity contribution in [3.05, 3.63) is 29.6 Å². The highest BCUT2D eigenvalue weighted by Crippen LogP contribution is 2.39. The van der Waals surface area contributed by atoms with E-state index in [2.05, 4.69) is 0 Å². The monoisotopic (exact) mass is 323 g/mol. The summed E-state index contributed by atoms with van der Waals surface area (Å²) in [4.78, 5) is 25.9. The highest BCUT2D eigenvalue weighted by Gasteiger charge is 2.48. The summed E-state index contributed by atoms with van der Waals surface area (Å²) >= 11 is 0. The number of nitrogens with zero attached hydrogens (tertiary/aromatic N) is 1. The Balaban J connectivity index is 2.30. The van der Waals surface area contributed by atoms with Crippen LogP contribution in [0.2, 0.25) is 0 Å². The summed E-state index contributed by atoms with van der Waals surface area (Å²) in [6.07, 6.45) is 0.394. The van der Waals surface area contributed by atoms with E-state index in [9.17, 15) is 19.1 Å². The largest absolute Gasteiger partial charge is 0.490 e. The molecule has 23 heavy (non-hydrogen) atoms. The van der Waals surface area contributed by atoms with E-state index in [4.69, 9.17) is 4.74 Å². The van der Waals surface area contributed by atoms with Crippen molar-refractivity contribution in [1.82, 2.24) is 4.90 Å². The van der Waals surface area contributed by atoms with Gasteiger partial charge in [-0.3, -0.25) is 9.59 Å². The van der Waals surface area contributed by atoms with E-state index in [1.807, 2.05) is 13.8 Å². The van der Waals surface area contributed by atoms with Gasteiger partial charge < -0.3 is 14.7 Å². The Hall–Kier alpha value is -2.11. The number of benzene rings is 1. The Kier molecular flexibility index (Phi) is 4.92. The first-order chi connectivity index (χ1) is 10.8. The summed E-state index contributed by atoms with van der Waals surface area (Å²) in [5, 5.41) is 9.56. The van der Waals surface area contributed by atoms with Crippen LogP contribution in [-0.4, -0.2) is 41.6 Å². The van der Waals surface area contributed by atoms with Gasteiger partial charge in [-0.15, -0.1) is 0 Å². The molecule has 5 nitrogen and oxygen atoms in total. The number of carboxylic acids is 1. The summed E-state index contributed by atoms with van der Waals surface area (Å²) < 4.78 is 19.2. The van der Waals surface area contributed by atoms with Crippen LogP contribution in [0.4, 0.5) is 4.39 Å². The van der Waals surface area contributed by atoms with Gasteiger partial charge in [-0.1, -0.05) is 19.9 Å². The van der Waals surface area contributed by atoms with E-state index in [0.29, 0.717) is 13.0 Å². The van der Waals surface area contributed by atoms with Crippen LogP contribution in [0.15, 0.2) is 18.2 Å². The lowest BCUT2D eigenvalue weighted by molar-refractivity contribution is -0.150. The van der Waals surface area contributed by atoms with Crippen LogP contribution in [-0.2, 0) is 4.79 Å². The van der Waals surface area contributed by atoms with Gasteiger partial charge in [0.05, 0.1) is 17.6 Å². The van der Waals surface area contributed by atoms with E-state index in [1.54, 1.807) is 6.92 Å². The lowest BCUT2D eigenvalue weighted by Gasteiger charge is -2.28. The molecule has 0 aliphatic carbocycles. The van der Waals surface area contributed by atoms with E-state index >= 15 is 0 Å². The maximum Gasteiger partial charge on any atom is 0.311 e. The van der Waals surface area contributed by atoms with Crippen LogP contribution in [0.5, 0.6) is 5.75 Å². The highest BCUT2D eigenvalue weighted by molar-refractivity contribution is 5.97. The minimum atomic E-state index is -0.950. The molecule has 0 spiro atoms. The standard InChI is InChI=1S/C17H22FNO4/c1-4-23-14-12(6-5-7-13(14)18)15(20)19-9-8-17(10-19,11(2)3)16(21)22/h5-7,11H,4,8-10H2,1-3H3,(H,21,22). The molecule has 1 aromatic carbocycles. The third kappa shape index (κ3) is 3.02. The van der Waals surface area contributed by atoms with Crippen LogP contribution in [0.25, 0.3) is 0 Å². The number of rotatable bonds is 5. The van der Waals surface area contributed by atoms with Crippen molar-refractivity contribution < 1.29 is 23.8 Å². The number of carbonyl (C=O) groups excluding carboxylic acids is 1. The van der Waals surface area contributed by atoms with Crippen molar-refractivity contribution in [3.8, 4) is 5.75 Å². The highest BCUT2D eigenvalue weighted by atomic mass is 19.1. The average Bonchev–Trinajstić information content (AvgIpc) is 2.95. The molecule has 1 aromatic rings. The van der Waals surface area contributed by atoms with E-state index in [0.717, 1.165) is 0 Å². The van der Waals surface area contributed by atoms with Gasteiger partial charge in [-0.25, -0.2) is 4.39 Å². The first-order valence-electron chi connectivity index (χ1n) is 7.77. The molecule has 1 N–H and O–H groups in total.